The third-order valence-electron chi connectivity index (χ3n) is 3.34. The Morgan fingerprint density at radius 2 is 2.10 bits per heavy atom. The minimum absolute atomic E-state index is 0.104. The smallest absolute Gasteiger partial charge is 0.271 e. The molecule has 1 aromatic heterocycles. The zero-order valence-electron chi connectivity index (χ0n) is 11.3. The minimum Gasteiger partial charge on any atom is -0.492 e. The standard InChI is InChI=1S/C14H14FNO3S2/c1-19-13-11(15)3-2-4-12(13)16-21(17,18)14-10(7-8-20-14)9-5-6-9/h2-4,7-9,16H,5-6H2,1H3. The van der Waals surface area contributed by atoms with Crippen LogP contribution in [-0.2, 0) is 10.0 Å². The van der Waals surface area contributed by atoms with Crippen LogP contribution in [0.4, 0.5) is 10.1 Å². The summed E-state index contributed by atoms with van der Waals surface area (Å²) in [5.74, 6) is -0.380. The van der Waals surface area contributed by atoms with Gasteiger partial charge in [0, 0.05) is 0 Å². The number of thiophene rings is 1. The van der Waals surface area contributed by atoms with Crippen LogP contribution in [0.15, 0.2) is 33.9 Å². The Morgan fingerprint density at radius 1 is 1.33 bits per heavy atom. The number of para-hydroxylation sites is 1. The molecule has 1 heterocycles. The molecule has 1 aliphatic carbocycles. The summed E-state index contributed by atoms with van der Waals surface area (Å²) < 4.78 is 46.3. The maximum absolute atomic E-state index is 13.6. The Balaban J connectivity index is 1.97. The number of rotatable bonds is 5. The van der Waals surface area contributed by atoms with Crippen molar-refractivity contribution in [2.24, 2.45) is 0 Å². The van der Waals surface area contributed by atoms with Crippen molar-refractivity contribution in [3.8, 4) is 5.75 Å². The number of hydrogen-bond acceptors (Lipinski definition) is 4. The first-order chi connectivity index (χ1) is 10.0. The minimum atomic E-state index is -3.73. The predicted octanol–water partition coefficient (Wildman–Crippen LogP) is 3.57. The number of anilines is 1. The number of ether oxygens (including phenoxy) is 1. The molecular weight excluding hydrogens is 313 g/mol. The van der Waals surface area contributed by atoms with Crippen LogP contribution in [0.25, 0.3) is 0 Å². The van der Waals surface area contributed by atoms with Gasteiger partial charge in [-0.1, -0.05) is 6.07 Å². The van der Waals surface area contributed by atoms with E-state index in [1.807, 2.05) is 6.07 Å². The third kappa shape index (κ3) is 2.75. The first-order valence-electron chi connectivity index (χ1n) is 6.45. The maximum atomic E-state index is 13.6. The molecule has 0 spiro atoms. The zero-order chi connectivity index (χ0) is 15.0. The van der Waals surface area contributed by atoms with Crippen LogP contribution in [0, 0.1) is 5.82 Å². The molecule has 112 valence electrons. The van der Waals surface area contributed by atoms with Gasteiger partial charge < -0.3 is 4.74 Å². The Hall–Kier alpha value is -1.60. The summed E-state index contributed by atoms with van der Waals surface area (Å²) in [6, 6.07) is 5.98. The van der Waals surface area contributed by atoms with Gasteiger partial charge in [-0.25, -0.2) is 12.8 Å². The third-order valence-corrected chi connectivity index (χ3v) is 6.22. The van der Waals surface area contributed by atoms with Gasteiger partial charge in [-0.05, 0) is 47.9 Å². The zero-order valence-corrected chi connectivity index (χ0v) is 12.9. The summed E-state index contributed by atoms with van der Waals surface area (Å²) in [4.78, 5) is 0. The van der Waals surface area contributed by atoms with Gasteiger partial charge in [0.2, 0.25) is 0 Å². The van der Waals surface area contributed by atoms with Crippen molar-refractivity contribution in [2.45, 2.75) is 23.0 Å². The molecule has 0 saturated heterocycles. The van der Waals surface area contributed by atoms with E-state index in [1.165, 1.54) is 36.6 Å². The van der Waals surface area contributed by atoms with Gasteiger partial charge in [0.25, 0.3) is 10.0 Å². The van der Waals surface area contributed by atoms with Gasteiger partial charge in [-0.3, -0.25) is 4.72 Å². The first kappa shape index (κ1) is 14.3. The summed E-state index contributed by atoms with van der Waals surface area (Å²) in [6.45, 7) is 0. The molecule has 0 bridgehead atoms. The lowest BCUT2D eigenvalue weighted by Crippen LogP contribution is -2.14. The fourth-order valence-corrected chi connectivity index (χ4v) is 4.80. The second-order valence-corrected chi connectivity index (χ2v) is 7.66. The number of methoxy groups -OCH3 is 1. The van der Waals surface area contributed by atoms with E-state index in [0.29, 0.717) is 10.1 Å². The van der Waals surface area contributed by atoms with Crippen LogP contribution in [0.5, 0.6) is 5.75 Å². The first-order valence-corrected chi connectivity index (χ1v) is 8.82. The average molecular weight is 327 g/mol. The van der Waals surface area contributed by atoms with Gasteiger partial charge in [0.1, 0.15) is 4.21 Å². The number of sulfonamides is 1. The molecule has 0 radical (unpaired) electrons. The van der Waals surface area contributed by atoms with Gasteiger partial charge >= 0.3 is 0 Å². The van der Waals surface area contributed by atoms with E-state index in [1.54, 1.807) is 5.38 Å². The molecule has 1 N–H and O–H groups in total. The molecule has 4 nitrogen and oxygen atoms in total. The lowest BCUT2D eigenvalue weighted by atomic mass is 10.2. The van der Waals surface area contributed by atoms with Crippen LogP contribution in [0.3, 0.4) is 0 Å². The van der Waals surface area contributed by atoms with E-state index in [4.69, 9.17) is 4.74 Å². The molecule has 1 aromatic carbocycles. The fourth-order valence-electron chi connectivity index (χ4n) is 2.21. The Bertz CT molecular complexity index is 766. The topological polar surface area (TPSA) is 55.4 Å². The van der Waals surface area contributed by atoms with Crippen molar-refractivity contribution in [3.63, 3.8) is 0 Å². The van der Waals surface area contributed by atoms with Crippen molar-refractivity contribution < 1.29 is 17.5 Å². The van der Waals surface area contributed by atoms with Crippen LogP contribution in [-0.4, -0.2) is 15.5 Å². The Morgan fingerprint density at radius 3 is 2.76 bits per heavy atom. The molecule has 0 atom stereocenters. The van der Waals surface area contributed by atoms with Crippen molar-refractivity contribution in [2.75, 3.05) is 11.8 Å². The molecule has 1 saturated carbocycles. The summed E-state index contributed by atoms with van der Waals surface area (Å²) in [7, 11) is -2.43. The largest absolute Gasteiger partial charge is 0.492 e. The van der Waals surface area contributed by atoms with E-state index in [9.17, 15) is 12.8 Å². The molecule has 7 heteroatoms. The highest BCUT2D eigenvalue weighted by Gasteiger charge is 2.32. The van der Waals surface area contributed by atoms with E-state index in [-0.39, 0.29) is 11.4 Å². The lowest BCUT2D eigenvalue weighted by molar-refractivity contribution is 0.389. The number of hydrogen-bond donors (Lipinski definition) is 1. The van der Waals surface area contributed by atoms with Crippen molar-refractivity contribution in [1.29, 1.82) is 0 Å². The molecule has 21 heavy (non-hydrogen) atoms. The van der Waals surface area contributed by atoms with E-state index in [2.05, 4.69) is 4.72 Å². The summed E-state index contributed by atoms with van der Waals surface area (Å²) in [5, 5.41) is 1.77. The molecular formula is C14H14FNO3S2. The predicted molar refractivity (Wildman–Crippen MR) is 80.1 cm³/mol. The monoisotopic (exact) mass is 327 g/mol. The van der Waals surface area contributed by atoms with Crippen LogP contribution >= 0.6 is 11.3 Å². The maximum Gasteiger partial charge on any atom is 0.271 e. The summed E-state index contributed by atoms with van der Waals surface area (Å²) >= 11 is 1.18. The van der Waals surface area contributed by atoms with Gasteiger partial charge in [-0.2, -0.15) is 0 Å². The second-order valence-electron chi connectivity index (χ2n) is 4.86. The molecule has 1 aliphatic rings. The van der Waals surface area contributed by atoms with Gasteiger partial charge in [0.05, 0.1) is 12.8 Å². The van der Waals surface area contributed by atoms with Crippen molar-refractivity contribution in [1.82, 2.24) is 0 Å². The number of halogens is 1. The normalized spacial score (nSPS) is 15.0. The average Bonchev–Trinajstić information content (AvgIpc) is 3.15. The van der Waals surface area contributed by atoms with Crippen molar-refractivity contribution >= 4 is 27.0 Å². The number of nitrogens with one attached hydrogen (secondary N) is 1. The molecule has 0 unspecified atom stereocenters. The molecule has 3 rings (SSSR count). The van der Waals surface area contributed by atoms with Gasteiger partial charge in [-0.15, -0.1) is 11.3 Å². The van der Waals surface area contributed by atoms with E-state index < -0.39 is 15.8 Å². The molecule has 2 aromatic rings. The highest BCUT2D eigenvalue weighted by molar-refractivity contribution is 7.94. The SMILES string of the molecule is COc1c(F)cccc1NS(=O)(=O)c1sccc1C1CC1. The Kier molecular flexibility index (Phi) is 3.62. The molecule has 0 amide bonds. The lowest BCUT2D eigenvalue weighted by Gasteiger charge is -2.12. The highest BCUT2D eigenvalue weighted by atomic mass is 32.2. The van der Waals surface area contributed by atoms with Crippen molar-refractivity contribution in [3.05, 3.63) is 41.0 Å². The summed E-state index contributed by atoms with van der Waals surface area (Å²) in [6.07, 6.45) is 2.03. The molecule has 1 fully saturated rings. The van der Waals surface area contributed by atoms with E-state index >= 15 is 0 Å². The fraction of sp³-hybridized carbons (Fsp3) is 0.286. The molecule has 0 aliphatic heterocycles. The van der Waals surface area contributed by atoms with Crippen LogP contribution in [0.2, 0.25) is 0 Å². The summed E-state index contributed by atoms with van der Waals surface area (Å²) in [5.41, 5.74) is 0.954. The van der Waals surface area contributed by atoms with E-state index in [0.717, 1.165) is 18.4 Å². The Labute approximate surface area is 126 Å². The van der Waals surface area contributed by atoms with Gasteiger partial charge in [0.15, 0.2) is 11.6 Å². The van der Waals surface area contributed by atoms with Crippen LogP contribution < -0.4 is 9.46 Å². The highest BCUT2D eigenvalue weighted by Crippen LogP contribution is 2.45. The second kappa shape index (κ2) is 5.31. The quantitative estimate of drug-likeness (QED) is 0.913. The van der Waals surface area contributed by atoms with Crippen LogP contribution in [0.1, 0.15) is 24.3 Å². The number of benzene rings is 1.